The van der Waals surface area contributed by atoms with Crippen molar-refractivity contribution in [2.45, 2.75) is 13.3 Å². The van der Waals surface area contributed by atoms with Crippen molar-refractivity contribution in [3.63, 3.8) is 0 Å². The molecule has 0 aliphatic rings. The number of nitrogens with zero attached hydrogens (tertiary/aromatic N) is 2. The summed E-state index contributed by atoms with van der Waals surface area (Å²) in [4.78, 5) is 28.1. The predicted octanol–water partition coefficient (Wildman–Crippen LogP) is 1.91. The summed E-state index contributed by atoms with van der Waals surface area (Å²) in [7, 11) is 0. The highest BCUT2D eigenvalue weighted by molar-refractivity contribution is 5.67. The van der Waals surface area contributed by atoms with E-state index in [2.05, 4.69) is 9.97 Å². The third-order valence-corrected chi connectivity index (χ3v) is 2.64. The van der Waals surface area contributed by atoms with Crippen LogP contribution < -0.4 is 5.56 Å². The first-order chi connectivity index (χ1) is 8.63. The second-order valence-electron chi connectivity index (χ2n) is 3.72. The van der Waals surface area contributed by atoms with Crippen molar-refractivity contribution in [1.29, 1.82) is 0 Å². The van der Waals surface area contributed by atoms with Gasteiger partial charge in [0.15, 0.2) is 0 Å². The van der Waals surface area contributed by atoms with Crippen LogP contribution in [0.25, 0.3) is 11.1 Å². The van der Waals surface area contributed by atoms with Crippen molar-refractivity contribution < 1.29 is 4.92 Å². The normalized spacial score (nSPS) is 10.3. The fraction of sp³-hybridized carbons (Fsp3) is 0.167. The third-order valence-electron chi connectivity index (χ3n) is 2.64. The fourth-order valence-electron chi connectivity index (χ4n) is 1.76. The SMILES string of the molecule is CCc1[nH]c(=O)c([N+](=O)[O-])cc1-c1ccncc1. The zero-order valence-corrected chi connectivity index (χ0v) is 9.71. The molecule has 2 aromatic heterocycles. The maximum absolute atomic E-state index is 11.5. The average Bonchev–Trinajstić information content (AvgIpc) is 2.39. The van der Waals surface area contributed by atoms with Crippen molar-refractivity contribution in [1.82, 2.24) is 9.97 Å². The number of aryl methyl sites for hydroxylation is 1. The molecular formula is C12H11N3O3. The lowest BCUT2D eigenvalue weighted by atomic mass is 10.0. The standard InChI is InChI=1S/C12H11N3O3/c1-2-10-9(8-3-5-13-6-4-8)7-11(15(17)18)12(16)14-10/h3-7H,2H2,1H3,(H,14,16). The molecule has 0 spiro atoms. The Bertz CT molecular complexity index is 635. The number of nitro groups is 1. The summed E-state index contributed by atoms with van der Waals surface area (Å²) >= 11 is 0. The molecule has 1 N–H and O–H groups in total. The average molecular weight is 245 g/mol. The van der Waals surface area contributed by atoms with Crippen LogP contribution in [0, 0.1) is 10.1 Å². The maximum Gasteiger partial charge on any atom is 0.334 e. The molecule has 2 aromatic rings. The number of H-pyrrole nitrogens is 1. The molecule has 0 radical (unpaired) electrons. The van der Waals surface area contributed by atoms with Crippen molar-refractivity contribution in [2.24, 2.45) is 0 Å². The van der Waals surface area contributed by atoms with Gasteiger partial charge < -0.3 is 4.98 Å². The van der Waals surface area contributed by atoms with Gasteiger partial charge in [0, 0.05) is 29.7 Å². The molecule has 0 bridgehead atoms. The van der Waals surface area contributed by atoms with Crippen LogP contribution in [0.4, 0.5) is 5.69 Å². The number of rotatable bonds is 3. The quantitative estimate of drug-likeness (QED) is 0.660. The highest BCUT2D eigenvalue weighted by atomic mass is 16.6. The van der Waals surface area contributed by atoms with E-state index in [4.69, 9.17) is 0 Å². The van der Waals surface area contributed by atoms with Gasteiger partial charge in [-0.1, -0.05) is 6.92 Å². The Morgan fingerprint density at radius 1 is 1.39 bits per heavy atom. The molecule has 0 atom stereocenters. The van der Waals surface area contributed by atoms with Crippen molar-refractivity contribution in [3.05, 3.63) is 56.8 Å². The van der Waals surface area contributed by atoms with Crippen LogP contribution in [-0.2, 0) is 6.42 Å². The van der Waals surface area contributed by atoms with Crippen LogP contribution in [0.1, 0.15) is 12.6 Å². The minimum atomic E-state index is -0.678. The molecule has 0 aliphatic carbocycles. The lowest BCUT2D eigenvalue weighted by Gasteiger charge is -2.07. The zero-order valence-electron chi connectivity index (χ0n) is 9.71. The minimum Gasteiger partial charge on any atom is -0.320 e. The van der Waals surface area contributed by atoms with E-state index in [9.17, 15) is 14.9 Å². The molecule has 0 aromatic carbocycles. The molecule has 0 amide bonds. The first kappa shape index (κ1) is 12.0. The summed E-state index contributed by atoms with van der Waals surface area (Å²) in [5.74, 6) is 0. The second kappa shape index (κ2) is 4.79. The van der Waals surface area contributed by atoms with Gasteiger partial charge in [-0.15, -0.1) is 0 Å². The van der Waals surface area contributed by atoms with Crippen LogP contribution in [0.15, 0.2) is 35.4 Å². The molecule has 0 saturated heterocycles. The van der Waals surface area contributed by atoms with E-state index in [0.717, 1.165) is 5.56 Å². The molecule has 6 nitrogen and oxygen atoms in total. The third kappa shape index (κ3) is 2.13. The molecule has 18 heavy (non-hydrogen) atoms. The number of hydrogen-bond acceptors (Lipinski definition) is 4. The Morgan fingerprint density at radius 3 is 2.61 bits per heavy atom. The van der Waals surface area contributed by atoms with E-state index < -0.39 is 16.2 Å². The molecule has 0 aliphatic heterocycles. The minimum absolute atomic E-state index is 0.445. The summed E-state index contributed by atoms with van der Waals surface area (Å²) < 4.78 is 0. The lowest BCUT2D eigenvalue weighted by molar-refractivity contribution is -0.386. The number of hydrogen-bond donors (Lipinski definition) is 1. The van der Waals surface area contributed by atoms with Gasteiger partial charge in [-0.25, -0.2) is 0 Å². The Morgan fingerprint density at radius 2 is 2.06 bits per heavy atom. The van der Waals surface area contributed by atoms with E-state index in [0.29, 0.717) is 17.7 Å². The summed E-state index contributed by atoms with van der Waals surface area (Å²) in [6.07, 6.45) is 3.79. The Kier molecular flexibility index (Phi) is 3.18. The van der Waals surface area contributed by atoms with Gasteiger partial charge in [0.25, 0.3) is 0 Å². The van der Waals surface area contributed by atoms with Gasteiger partial charge in [-0.2, -0.15) is 0 Å². The highest BCUT2D eigenvalue weighted by Gasteiger charge is 2.16. The number of pyridine rings is 2. The number of nitrogens with one attached hydrogen (secondary N) is 1. The van der Waals surface area contributed by atoms with Crippen LogP contribution in [0.2, 0.25) is 0 Å². The van der Waals surface area contributed by atoms with E-state index >= 15 is 0 Å². The topological polar surface area (TPSA) is 88.9 Å². The van der Waals surface area contributed by atoms with Gasteiger partial charge in [-0.3, -0.25) is 19.9 Å². The molecule has 6 heteroatoms. The molecule has 0 fully saturated rings. The molecule has 92 valence electrons. The molecule has 2 rings (SSSR count). The summed E-state index contributed by atoms with van der Waals surface area (Å²) in [5, 5.41) is 10.8. The highest BCUT2D eigenvalue weighted by Crippen LogP contribution is 2.24. The molecule has 0 saturated carbocycles. The number of aromatic nitrogens is 2. The summed E-state index contributed by atoms with van der Waals surface area (Å²) in [5.41, 5.74) is 1.01. The van der Waals surface area contributed by atoms with Crippen molar-refractivity contribution >= 4 is 5.69 Å². The van der Waals surface area contributed by atoms with Crippen molar-refractivity contribution in [3.8, 4) is 11.1 Å². The van der Waals surface area contributed by atoms with E-state index in [1.54, 1.807) is 24.5 Å². The van der Waals surface area contributed by atoms with Crippen LogP contribution in [0.3, 0.4) is 0 Å². The second-order valence-corrected chi connectivity index (χ2v) is 3.72. The fourth-order valence-corrected chi connectivity index (χ4v) is 1.76. The maximum atomic E-state index is 11.5. The summed E-state index contributed by atoms with van der Waals surface area (Å²) in [6.45, 7) is 1.88. The van der Waals surface area contributed by atoms with Crippen LogP contribution in [0.5, 0.6) is 0 Å². The van der Waals surface area contributed by atoms with Gasteiger partial charge in [0.1, 0.15) is 0 Å². The van der Waals surface area contributed by atoms with Crippen LogP contribution in [-0.4, -0.2) is 14.9 Å². The van der Waals surface area contributed by atoms with Gasteiger partial charge in [-0.05, 0) is 24.1 Å². The van der Waals surface area contributed by atoms with E-state index in [-0.39, 0.29) is 0 Å². The van der Waals surface area contributed by atoms with Crippen LogP contribution >= 0.6 is 0 Å². The Labute approximate surface area is 102 Å². The largest absolute Gasteiger partial charge is 0.334 e. The van der Waals surface area contributed by atoms with Gasteiger partial charge in [0.2, 0.25) is 0 Å². The lowest BCUT2D eigenvalue weighted by Crippen LogP contribution is -2.14. The predicted molar refractivity (Wildman–Crippen MR) is 66.3 cm³/mol. The molecule has 0 unspecified atom stereocenters. The molecule has 2 heterocycles. The first-order valence-electron chi connectivity index (χ1n) is 5.44. The number of aromatic amines is 1. The summed E-state index contributed by atoms with van der Waals surface area (Å²) in [6, 6.07) is 4.81. The smallest absolute Gasteiger partial charge is 0.320 e. The Balaban J connectivity index is 2.69. The van der Waals surface area contributed by atoms with Gasteiger partial charge >= 0.3 is 11.2 Å². The van der Waals surface area contributed by atoms with E-state index in [1.807, 2.05) is 6.92 Å². The monoisotopic (exact) mass is 245 g/mol. The molecular weight excluding hydrogens is 234 g/mol. The Hall–Kier alpha value is -2.50. The first-order valence-corrected chi connectivity index (χ1v) is 5.44. The van der Waals surface area contributed by atoms with Gasteiger partial charge in [0.05, 0.1) is 4.92 Å². The zero-order chi connectivity index (χ0) is 13.1. The van der Waals surface area contributed by atoms with Crippen molar-refractivity contribution in [2.75, 3.05) is 0 Å². The van der Waals surface area contributed by atoms with E-state index in [1.165, 1.54) is 6.07 Å².